The number of carbonyl (C=O) groups is 1. The van der Waals surface area contributed by atoms with Gasteiger partial charge in [0, 0.05) is 10.4 Å². The molecule has 0 spiro atoms. The molecule has 4 rings (SSSR count). The molecule has 140 valence electrons. The van der Waals surface area contributed by atoms with E-state index in [0.717, 1.165) is 40.6 Å². The van der Waals surface area contributed by atoms with Crippen molar-refractivity contribution in [2.24, 2.45) is 0 Å². The molecule has 1 aliphatic carbocycles. The minimum atomic E-state index is -0.442. The summed E-state index contributed by atoms with van der Waals surface area (Å²) in [6.07, 6.45) is 4.05. The minimum Gasteiger partial charge on any atom is -0.493 e. The molecule has 0 saturated heterocycles. The molecule has 1 aliphatic rings. The molecule has 3 aromatic rings. The van der Waals surface area contributed by atoms with Crippen LogP contribution in [-0.4, -0.2) is 22.1 Å². The van der Waals surface area contributed by atoms with E-state index in [2.05, 4.69) is 20.9 Å². The molecule has 2 aromatic heterocycles. The standard InChI is InChI=1S/C19H17BrN2O3S2/c1-2-25-13-8-7-10(9-12(13)20)17(23)22-18(24)15-11-5-3-4-6-14(11)27-16(15)21-19(22)26/h7-9H,2-6H2,1H3,(H,21,26). The Kier molecular flexibility index (Phi) is 5.05. The summed E-state index contributed by atoms with van der Waals surface area (Å²) in [5.74, 6) is 0.205. The predicted octanol–water partition coefficient (Wildman–Crippen LogP) is 4.85. The maximum atomic E-state index is 13.2. The first-order valence-electron chi connectivity index (χ1n) is 8.78. The van der Waals surface area contributed by atoms with Crippen LogP contribution in [0.15, 0.2) is 27.5 Å². The summed E-state index contributed by atoms with van der Waals surface area (Å²) in [6, 6.07) is 5.01. The fourth-order valence-corrected chi connectivity index (χ4v) is 5.56. The number of aryl methyl sites for hydroxylation is 2. The number of nitrogens with one attached hydrogen (secondary N) is 1. The number of benzene rings is 1. The van der Waals surface area contributed by atoms with E-state index in [1.165, 1.54) is 4.88 Å². The van der Waals surface area contributed by atoms with Gasteiger partial charge >= 0.3 is 0 Å². The van der Waals surface area contributed by atoms with E-state index in [0.29, 0.717) is 27.8 Å². The van der Waals surface area contributed by atoms with E-state index >= 15 is 0 Å². The molecule has 5 nitrogen and oxygen atoms in total. The van der Waals surface area contributed by atoms with Gasteiger partial charge in [0.25, 0.3) is 11.5 Å². The fraction of sp³-hybridized carbons (Fsp3) is 0.316. The van der Waals surface area contributed by atoms with Crippen LogP contribution in [0.25, 0.3) is 10.2 Å². The maximum absolute atomic E-state index is 13.2. The number of H-pyrrole nitrogens is 1. The van der Waals surface area contributed by atoms with Gasteiger partial charge in [0.15, 0.2) is 4.77 Å². The largest absolute Gasteiger partial charge is 0.493 e. The lowest BCUT2D eigenvalue weighted by Gasteiger charge is -2.11. The molecular weight excluding hydrogens is 448 g/mol. The average molecular weight is 465 g/mol. The number of aromatic nitrogens is 2. The normalized spacial score (nSPS) is 13.6. The van der Waals surface area contributed by atoms with Crippen molar-refractivity contribution in [3.05, 3.63) is 53.8 Å². The van der Waals surface area contributed by atoms with Crippen molar-refractivity contribution in [2.75, 3.05) is 6.61 Å². The molecule has 1 N–H and O–H groups in total. The van der Waals surface area contributed by atoms with Crippen LogP contribution in [0.5, 0.6) is 5.75 Å². The SMILES string of the molecule is CCOc1ccc(C(=O)n2c(=S)[nH]c3sc4c(c3c2=O)CCCC4)cc1Br. The second-order valence-electron chi connectivity index (χ2n) is 6.37. The molecule has 0 amide bonds. The first-order chi connectivity index (χ1) is 13.0. The Hall–Kier alpha value is -1.77. The maximum Gasteiger partial charge on any atom is 0.270 e. The number of fused-ring (bicyclic) bond motifs is 3. The Bertz CT molecular complexity index is 1180. The molecule has 1 aromatic carbocycles. The Morgan fingerprint density at radius 3 is 2.89 bits per heavy atom. The number of hydrogen-bond donors (Lipinski definition) is 1. The predicted molar refractivity (Wildman–Crippen MR) is 113 cm³/mol. The number of carbonyl (C=O) groups excluding carboxylic acids is 1. The third-order valence-corrected chi connectivity index (χ3v) is 6.81. The van der Waals surface area contributed by atoms with Crippen molar-refractivity contribution in [2.45, 2.75) is 32.6 Å². The highest BCUT2D eigenvalue weighted by atomic mass is 79.9. The topological polar surface area (TPSA) is 64.1 Å². The molecule has 2 heterocycles. The van der Waals surface area contributed by atoms with Gasteiger partial charge in [0.1, 0.15) is 10.6 Å². The number of rotatable bonds is 3. The zero-order valence-corrected chi connectivity index (χ0v) is 17.9. The van der Waals surface area contributed by atoms with Crippen molar-refractivity contribution in [1.29, 1.82) is 0 Å². The van der Waals surface area contributed by atoms with Crippen LogP contribution in [0.1, 0.15) is 40.6 Å². The number of thiophene rings is 1. The molecule has 0 atom stereocenters. The molecule has 0 fully saturated rings. The van der Waals surface area contributed by atoms with E-state index in [9.17, 15) is 9.59 Å². The molecule has 8 heteroatoms. The Morgan fingerprint density at radius 2 is 2.15 bits per heavy atom. The van der Waals surface area contributed by atoms with Crippen LogP contribution in [-0.2, 0) is 12.8 Å². The zero-order valence-electron chi connectivity index (χ0n) is 14.6. The average Bonchev–Trinajstić information content (AvgIpc) is 3.01. The summed E-state index contributed by atoms with van der Waals surface area (Å²) in [5, 5.41) is 0.613. The summed E-state index contributed by atoms with van der Waals surface area (Å²) < 4.78 is 7.34. The molecule has 27 heavy (non-hydrogen) atoms. The first-order valence-corrected chi connectivity index (χ1v) is 10.8. The van der Waals surface area contributed by atoms with Gasteiger partial charge in [-0.1, -0.05) is 0 Å². The lowest BCUT2D eigenvalue weighted by atomic mass is 9.97. The van der Waals surface area contributed by atoms with Crippen LogP contribution in [0.4, 0.5) is 0 Å². The van der Waals surface area contributed by atoms with Crippen molar-refractivity contribution < 1.29 is 9.53 Å². The highest BCUT2D eigenvalue weighted by Crippen LogP contribution is 2.33. The van der Waals surface area contributed by atoms with Gasteiger partial charge in [-0.3, -0.25) is 9.59 Å². The molecule has 0 radical (unpaired) electrons. The highest BCUT2D eigenvalue weighted by molar-refractivity contribution is 9.10. The number of hydrogen-bond acceptors (Lipinski definition) is 5. The van der Waals surface area contributed by atoms with Crippen molar-refractivity contribution in [3.8, 4) is 5.75 Å². The van der Waals surface area contributed by atoms with Gasteiger partial charge in [-0.05, 0) is 84.5 Å². The first kappa shape index (κ1) is 18.6. The molecule has 0 bridgehead atoms. The molecule has 0 saturated carbocycles. The van der Waals surface area contributed by atoms with Crippen LogP contribution in [0.3, 0.4) is 0 Å². The van der Waals surface area contributed by atoms with Gasteiger partial charge in [-0.25, -0.2) is 4.57 Å². The number of nitrogens with zero attached hydrogens (tertiary/aromatic N) is 1. The smallest absolute Gasteiger partial charge is 0.270 e. The monoisotopic (exact) mass is 464 g/mol. The number of ether oxygens (including phenoxy) is 1. The summed E-state index contributed by atoms with van der Waals surface area (Å²) in [4.78, 5) is 31.3. The van der Waals surface area contributed by atoms with Crippen molar-refractivity contribution >= 4 is 55.6 Å². The Balaban J connectivity index is 1.86. The van der Waals surface area contributed by atoms with Crippen LogP contribution in [0.2, 0.25) is 0 Å². The lowest BCUT2D eigenvalue weighted by molar-refractivity contribution is 0.0953. The fourth-order valence-electron chi connectivity index (χ4n) is 3.46. The van der Waals surface area contributed by atoms with E-state index in [4.69, 9.17) is 17.0 Å². The van der Waals surface area contributed by atoms with Crippen LogP contribution in [0, 0.1) is 4.77 Å². The van der Waals surface area contributed by atoms with Gasteiger partial charge < -0.3 is 9.72 Å². The van der Waals surface area contributed by atoms with E-state index in [1.54, 1.807) is 29.5 Å². The summed E-state index contributed by atoms with van der Waals surface area (Å²) >= 11 is 10.3. The van der Waals surface area contributed by atoms with Crippen LogP contribution >= 0.6 is 39.5 Å². The van der Waals surface area contributed by atoms with Crippen molar-refractivity contribution in [1.82, 2.24) is 9.55 Å². The quantitative estimate of drug-likeness (QED) is 0.562. The third kappa shape index (κ3) is 3.19. The van der Waals surface area contributed by atoms with E-state index in [1.807, 2.05) is 6.92 Å². The van der Waals surface area contributed by atoms with Crippen LogP contribution < -0.4 is 10.3 Å². The second kappa shape index (κ2) is 7.33. The summed E-state index contributed by atoms with van der Waals surface area (Å²) in [6.45, 7) is 2.41. The van der Waals surface area contributed by atoms with Gasteiger partial charge in [0.05, 0.1) is 16.5 Å². The van der Waals surface area contributed by atoms with E-state index in [-0.39, 0.29) is 10.3 Å². The van der Waals surface area contributed by atoms with Gasteiger partial charge in [-0.2, -0.15) is 0 Å². The summed E-state index contributed by atoms with van der Waals surface area (Å²) in [7, 11) is 0. The number of aromatic amines is 1. The third-order valence-electron chi connectivity index (χ3n) is 4.69. The highest BCUT2D eigenvalue weighted by Gasteiger charge is 2.23. The molecule has 0 unspecified atom stereocenters. The van der Waals surface area contributed by atoms with Gasteiger partial charge in [0.2, 0.25) is 0 Å². The molecular formula is C19H17BrN2O3S2. The van der Waals surface area contributed by atoms with Crippen molar-refractivity contribution in [3.63, 3.8) is 0 Å². The lowest BCUT2D eigenvalue weighted by Crippen LogP contribution is -2.29. The second-order valence-corrected chi connectivity index (χ2v) is 8.72. The number of halogens is 1. The molecule has 0 aliphatic heterocycles. The Labute approximate surface area is 173 Å². The zero-order chi connectivity index (χ0) is 19.1. The van der Waals surface area contributed by atoms with Gasteiger partial charge in [-0.15, -0.1) is 11.3 Å². The minimum absolute atomic E-state index is 0.126. The summed E-state index contributed by atoms with van der Waals surface area (Å²) in [5.41, 5.74) is 1.12. The Morgan fingerprint density at radius 1 is 1.37 bits per heavy atom. The van der Waals surface area contributed by atoms with E-state index < -0.39 is 5.91 Å².